The standard InChI is InChI=1S/C16H13F2NO/c1-11-10-16(20-19-11,12-2-6-14(17)7-3-12)13-4-8-15(18)9-5-13/h2-9H,10H2,1H3. The molecule has 4 heteroatoms. The van der Waals surface area contributed by atoms with E-state index in [1.165, 1.54) is 24.3 Å². The normalized spacial score (nSPS) is 16.6. The molecular formula is C16H13F2NO. The van der Waals surface area contributed by atoms with Crippen molar-refractivity contribution in [2.24, 2.45) is 5.16 Å². The lowest BCUT2D eigenvalue weighted by atomic mass is 9.83. The van der Waals surface area contributed by atoms with E-state index in [-0.39, 0.29) is 11.6 Å². The topological polar surface area (TPSA) is 21.6 Å². The lowest BCUT2D eigenvalue weighted by Gasteiger charge is -2.27. The molecule has 2 aromatic rings. The van der Waals surface area contributed by atoms with Crippen molar-refractivity contribution in [3.63, 3.8) is 0 Å². The summed E-state index contributed by atoms with van der Waals surface area (Å²) in [5.41, 5.74) is 1.64. The van der Waals surface area contributed by atoms with Crippen LogP contribution >= 0.6 is 0 Å². The number of hydrogen-bond donors (Lipinski definition) is 0. The van der Waals surface area contributed by atoms with Gasteiger partial charge in [-0.3, -0.25) is 0 Å². The van der Waals surface area contributed by atoms with E-state index in [1.54, 1.807) is 24.3 Å². The van der Waals surface area contributed by atoms with Crippen LogP contribution < -0.4 is 0 Å². The molecule has 102 valence electrons. The van der Waals surface area contributed by atoms with E-state index in [9.17, 15) is 8.78 Å². The molecule has 0 unspecified atom stereocenters. The molecule has 2 nitrogen and oxygen atoms in total. The van der Waals surface area contributed by atoms with Gasteiger partial charge in [0.2, 0.25) is 0 Å². The van der Waals surface area contributed by atoms with Gasteiger partial charge in [0.15, 0.2) is 5.60 Å². The number of halogens is 2. The van der Waals surface area contributed by atoms with Gasteiger partial charge in [-0.15, -0.1) is 0 Å². The Bertz CT molecular complexity index is 602. The average molecular weight is 273 g/mol. The summed E-state index contributed by atoms with van der Waals surface area (Å²) in [5, 5.41) is 4.02. The molecule has 3 rings (SSSR count). The molecule has 20 heavy (non-hydrogen) atoms. The first-order valence-corrected chi connectivity index (χ1v) is 6.34. The van der Waals surface area contributed by atoms with Crippen LogP contribution in [-0.4, -0.2) is 5.71 Å². The van der Waals surface area contributed by atoms with E-state index < -0.39 is 5.60 Å². The predicted molar refractivity (Wildman–Crippen MR) is 72.4 cm³/mol. The van der Waals surface area contributed by atoms with E-state index in [4.69, 9.17) is 4.84 Å². The minimum Gasteiger partial charge on any atom is -0.379 e. The Balaban J connectivity index is 2.10. The van der Waals surface area contributed by atoms with Crippen LogP contribution in [-0.2, 0) is 10.4 Å². The van der Waals surface area contributed by atoms with E-state index in [1.807, 2.05) is 6.92 Å². The van der Waals surface area contributed by atoms with Gasteiger partial charge in [-0.05, 0) is 31.2 Å². The number of nitrogens with zero attached hydrogens (tertiary/aromatic N) is 1. The van der Waals surface area contributed by atoms with Crippen molar-refractivity contribution in [3.8, 4) is 0 Å². The van der Waals surface area contributed by atoms with Crippen molar-refractivity contribution in [3.05, 3.63) is 71.3 Å². The van der Waals surface area contributed by atoms with Crippen molar-refractivity contribution in [2.75, 3.05) is 0 Å². The molecule has 1 aliphatic heterocycles. The van der Waals surface area contributed by atoms with Gasteiger partial charge in [0.05, 0.1) is 5.71 Å². The van der Waals surface area contributed by atoms with Crippen LogP contribution in [0, 0.1) is 11.6 Å². The van der Waals surface area contributed by atoms with Crippen molar-refractivity contribution in [2.45, 2.75) is 18.9 Å². The Labute approximate surface area is 115 Å². The second kappa shape index (κ2) is 4.71. The first-order chi connectivity index (χ1) is 9.60. The molecule has 1 heterocycles. The minimum absolute atomic E-state index is 0.307. The van der Waals surface area contributed by atoms with E-state index >= 15 is 0 Å². The summed E-state index contributed by atoms with van der Waals surface area (Å²) in [6.07, 6.45) is 0.560. The first kappa shape index (κ1) is 12.8. The number of oxime groups is 1. The van der Waals surface area contributed by atoms with Crippen LogP contribution in [0.1, 0.15) is 24.5 Å². The molecule has 0 N–H and O–H groups in total. The fourth-order valence-electron chi connectivity index (χ4n) is 2.50. The summed E-state index contributed by atoms with van der Waals surface area (Å²) in [4.78, 5) is 5.65. The molecule has 2 aromatic carbocycles. The van der Waals surface area contributed by atoms with Crippen LogP contribution in [0.25, 0.3) is 0 Å². The largest absolute Gasteiger partial charge is 0.379 e. The number of rotatable bonds is 2. The number of hydrogen-bond acceptors (Lipinski definition) is 2. The minimum atomic E-state index is -0.800. The van der Waals surface area contributed by atoms with Gasteiger partial charge in [0, 0.05) is 17.5 Å². The lowest BCUT2D eigenvalue weighted by Crippen LogP contribution is -2.27. The van der Waals surface area contributed by atoms with Crippen molar-refractivity contribution >= 4 is 5.71 Å². The van der Waals surface area contributed by atoms with Crippen LogP contribution in [0.2, 0.25) is 0 Å². The molecule has 0 aromatic heterocycles. The molecule has 1 aliphatic rings. The molecule has 0 amide bonds. The Hall–Kier alpha value is -2.23. The molecular weight excluding hydrogens is 260 g/mol. The first-order valence-electron chi connectivity index (χ1n) is 6.34. The summed E-state index contributed by atoms with van der Waals surface area (Å²) in [5.74, 6) is -0.614. The molecule has 0 saturated carbocycles. The van der Waals surface area contributed by atoms with Crippen molar-refractivity contribution in [1.29, 1.82) is 0 Å². The molecule has 0 aliphatic carbocycles. The van der Waals surface area contributed by atoms with Crippen molar-refractivity contribution < 1.29 is 13.6 Å². The highest BCUT2D eigenvalue weighted by atomic mass is 19.1. The van der Waals surface area contributed by atoms with E-state index in [0.29, 0.717) is 6.42 Å². The molecule has 0 atom stereocenters. The molecule has 0 fully saturated rings. The Morgan fingerprint density at radius 2 is 1.35 bits per heavy atom. The summed E-state index contributed by atoms with van der Waals surface area (Å²) < 4.78 is 26.2. The van der Waals surface area contributed by atoms with Crippen molar-refractivity contribution in [1.82, 2.24) is 0 Å². The Morgan fingerprint density at radius 3 is 1.70 bits per heavy atom. The fraction of sp³-hybridized carbons (Fsp3) is 0.188. The number of benzene rings is 2. The van der Waals surface area contributed by atoms with E-state index in [0.717, 1.165) is 16.8 Å². The SMILES string of the molecule is CC1=NOC(c2ccc(F)cc2)(c2ccc(F)cc2)C1. The fourth-order valence-corrected chi connectivity index (χ4v) is 2.50. The van der Waals surface area contributed by atoms with Gasteiger partial charge in [-0.1, -0.05) is 29.4 Å². The van der Waals surface area contributed by atoms with Crippen LogP contribution in [0.3, 0.4) is 0 Å². The second-order valence-corrected chi connectivity index (χ2v) is 4.94. The highest BCUT2D eigenvalue weighted by molar-refractivity contribution is 5.84. The molecule has 0 saturated heterocycles. The second-order valence-electron chi connectivity index (χ2n) is 4.94. The molecule has 0 bridgehead atoms. The lowest BCUT2D eigenvalue weighted by molar-refractivity contribution is 0.0111. The van der Waals surface area contributed by atoms with Gasteiger partial charge in [0.1, 0.15) is 11.6 Å². The van der Waals surface area contributed by atoms with Crippen LogP contribution in [0.5, 0.6) is 0 Å². The third-order valence-electron chi connectivity index (χ3n) is 3.48. The maximum Gasteiger partial charge on any atom is 0.193 e. The zero-order valence-electron chi connectivity index (χ0n) is 10.9. The zero-order chi connectivity index (χ0) is 14.2. The third-order valence-corrected chi connectivity index (χ3v) is 3.48. The molecule has 0 spiro atoms. The third kappa shape index (κ3) is 2.07. The van der Waals surface area contributed by atoms with Gasteiger partial charge in [-0.2, -0.15) is 0 Å². The quantitative estimate of drug-likeness (QED) is 0.810. The Morgan fingerprint density at radius 1 is 0.900 bits per heavy atom. The zero-order valence-corrected chi connectivity index (χ0v) is 10.9. The van der Waals surface area contributed by atoms with Gasteiger partial charge >= 0.3 is 0 Å². The summed E-state index contributed by atoms with van der Waals surface area (Å²) >= 11 is 0. The summed E-state index contributed by atoms with van der Waals surface area (Å²) in [6.45, 7) is 1.87. The summed E-state index contributed by atoms with van der Waals surface area (Å²) in [7, 11) is 0. The predicted octanol–water partition coefficient (Wildman–Crippen LogP) is 4.00. The Kier molecular flexibility index (Phi) is 3.01. The average Bonchev–Trinajstić information content (AvgIpc) is 2.84. The maximum absolute atomic E-state index is 13.1. The highest BCUT2D eigenvalue weighted by Crippen LogP contribution is 2.41. The van der Waals surface area contributed by atoms with E-state index in [2.05, 4.69) is 5.16 Å². The van der Waals surface area contributed by atoms with Gasteiger partial charge in [0.25, 0.3) is 0 Å². The van der Waals surface area contributed by atoms with Gasteiger partial charge in [-0.25, -0.2) is 8.78 Å². The van der Waals surface area contributed by atoms with Crippen LogP contribution in [0.4, 0.5) is 8.78 Å². The highest BCUT2D eigenvalue weighted by Gasteiger charge is 2.41. The molecule has 0 radical (unpaired) electrons. The van der Waals surface area contributed by atoms with Crippen LogP contribution in [0.15, 0.2) is 53.7 Å². The monoisotopic (exact) mass is 273 g/mol. The smallest absolute Gasteiger partial charge is 0.193 e. The summed E-state index contributed by atoms with van der Waals surface area (Å²) in [6, 6.07) is 12.2. The van der Waals surface area contributed by atoms with Gasteiger partial charge < -0.3 is 4.84 Å². The maximum atomic E-state index is 13.1.